The van der Waals surface area contributed by atoms with E-state index in [1.165, 1.54) is 0 Å². The van der Waals surface area contributed by atoms with E-state index in [1.54, 1.807) is 0 Å². The third-order valence-electron chi connectivity index (χ3n) is 1.74. The van der Waals surface area contributed by atoms with Crippen molar-refractivity contribution in [2.75, 3.05) is 5.73 Å². The van der Waals surface area contributed by atoms with Gasteiger partial charge >= 0.3 is 5.69 Å². The molecule has 1 aromatic heterocycles. The van der Waals surface area contributed by atoms with Gasteiger partial charge in [0.25, 0.3) is 6.43 Å². The van der Waals surface area contributed by atoms with Crippen molar-refractivity contribution in [1.82, 2.24) is 4.98 Å². The first kappa shape index (κ1) is 13.2. The number of nitrogens with two attached hydrogens (primary N) is 2. The number of nitrogens with zero attached hydrogens (tertiary/aromatic N) is 2. The van der Waals surface area contributed by atoms with E-state index in [0.717, 1.165) is 0 Å². The van der Waals surface area contributed by atoms with Gasteiger partial charge < -0.3 is 5.73 Å². The predicted octanol–water partition coefficient (Wildman–Crippen LogP) is 0.157. The molecule has 0 bridgehead atoms. The first-order chi connectivity index (χ1) is 7.66. The molecule has 0 spiro atoms. The summed E-state index contributed by atoms with van der Waals surface area (Å²) in [6.07, 6.45) is -2.75. The largest absolute Gasteiger partial charge is 0.392 e. The normalized spacial score (nSPS) is 11.8. The van der Waals surface area contributed by atoms with E-state index >= 15 is 0 Å². The average Bonchev–Trinajstić information content (AvgIpc) is 2.14. The lowest BCUT2D eigenvalue weighted by Gasteiger charge is -2.07. The number of nitro groups is 1. The second-order valence-corrected chi connectivity index (χ2v) is 4.38. The number of nitrogen functional groups attached to an aromatic ring is 1. The molecule has 4 N–H and O–H groups in total. The zero-order valence-electron chi connectivity index (χ0n) is 8.00. The minimum Gasteiger partial charge on any atom is -0.392 e. The van der Waals surface area contributed by atoms with Crippen LogP contribution in [-0.4, -0.2) is 18.3 Å². The van der Waals surface area contributed by atoms with Gasteiger partial charge in [0.15, 0.2) is 4.90 Å². The van der Waals surface area contributed by atoms with E-state index in [0.29, 0.717) is 6.20 Å². The van der Waals surface area contributed by atoms with Crippen molar-refractivity contribution in [2.24, 2.45) is 5.14 Å². The van der Waals surface area contributed by atoms with Gasteiger partial charge in [0, 0.05) is 0 Å². The Hall–Kier alpha value is -1.88. The number of pyridine rings is 1. The molecule has 94 valence electrons. The molecule has 0 aliphatic heterocycles. The minimum atomic E-state index is -4.74. The van der Waals surface area contributed by atoms with Crippen LogP contribution in [0.5, 0.6) is 0 Å². The van der Waals surface area contributed by atoms with Crippen molar-refractivity contribution >= 4 is 21.4 Å². The van der Waals surface area contributed by atoms with Crippen LogP contribution < -0.4 is 10.9 Å². The number of aromatic nitrogens is 1. The van der Waals surface area contributed by atoms with Crippen LogP contribution >= 0.6 is 0 Å². The lowest BCUT2D eigenvalue weighted by molar-refractivity contribution is -0.387. The monoisotopic (exact) mass is 268 g/mol. The highest BCUT2D eigenvalue weighted by Gasteiger charge is 2.34. The van der Waals surface area contributed by atoms with Gasteiger partial charge in [-0.1, -0.05) is 0 Å². The summed E-state index contributed by atoms with van der Waals surface area (Å²) in [5.74, 6) is 0. The predicted molar refractivity (Wildman–Crippen MR) is 51.6 cm³/mol. The van der Waals surface area contributed by atoms with E-state index in [4.69, 9.17) is 5.73 Å². The quantitative estimate of drug-likeness (QED) is 0.590. The molecular weight excluding hydrogens is 262 g/mol. The second-order valence-electron chi connectivity index (χ2n) is 2.88. The van der Waals surface area contributed by atoms with Gasteiger partial charge in [-0.15, -0.1) is 0 Å². The molecule has 1 rings (SSSR count). The average molecular weight is 268 g/mol. The van der Waals surface area contributed by atoms with E-state index < -0.39 is 43.3 Å². The summed E-state index contributed by atoms with van der Waals surface area (Å²) in [5, 5.41) is 15.2. The molecule has 0 aliphatic rings. The molecule has 1 aromatic rings. The van der Waals surface area contributed by atoms with Crippen molar-refractivity contribution in [3.63, 3.8) is 0 Å². The van der Waals surface area contributed by atoms with Crippen LogP contribution in [0.3, 0.4) is 0 Å². The molecule has 0 radical (unpaired) electrons. The number of sulfonamides is 1. The van der Waals surface area contributed by atoms with Crippen molar-refractivity contribution in [1.29, 1.82) is 0 Å². The van der Waals surface area contributed by atoms with Crippen molar-refractivity contribution in [3.8, 4) is 0 Å². The lowest BCUT2D eigenvalue weighted by atomic mass is 10.3. The molecule has 11 heteroatoms. The minimum absolute atomic E-state index is 0.578. The summed E-state index contributed by atoms with van der Waals surface area (Å²) in [6.45, 7) is 0. The maximum Gasteiger partial charge on any atom is 0.315 e. The van der Waals surface area contributed by atoms with E-state index in [-0.39, 0.29) is 0 Å². The highest BCUT2D eigenvalue weighted by molar-refractivity contribution is 7.89. The topological polar surface area (TPSA) is 142 Å². The van der Waals surface area contributed by atoms with Crippen LogP contribution in [-0.2, 0) is 10.0 Å². The molecule has 1 heterocycles. The summed E-state index contributed by atoms with van der Waals surface area (Å²) in [6, 6.07) is 0. The first-order valence-corrected chi connectivity index (χ1v) is 5.44. The Kier molecular flexibility index (Phi) is 3.24. The van der Waals surface area contributed by atoms with Crippen LogP contribution in [0.15, 0.2) is 11.1 Å². The van der Waals surface area contributed by atoms with E-state index in [2.05, 4.69) is 10.1 Å². The third-order valence-corrected chi connectivity index (χ3v) is 2.71. The summed E-state index contributed by atoms with van der Waals surface area (Å²) < 4.78 is 47.1. The van der Waals surface area contributed by atoms with E-state index in [9.17, 15) is 27.3 Å². The Morgan fingerprint density at radius 3 is 2.35 bits per heavy atom. The summed E-state index contributed by atoms with van der Waals surface area (Å²) in [7, 11) is -4.74. The zero-order chi connectivity index (χ0) is 13.4. The zero-order valence-corrected chi connectivity index (χ0v) is 8.82. The van der Waals surface area contributed by atoms with Crippen molar-refractivity contribution in [2.45, 2.75) is 11.3 Å². The number of hydrogen-bond donors (Lipinski definition) is 2. The third kappa shape index (κ3) is 2.45. The smallest absolute Gasteiger partial charge is 0.315 e. The van der Waals surface area contributed by atoms with Crippen molar-refractivity contribution < 1.29 is 22.1 Å². The van der Waals surface area contributed by atoms with Gasteiger partial charge in [0.05, 0.1) is 11.1 Å². The molecule has 0 unspecified atom stereocenters. The Balaban J connectivity index is 3.82. The van der Waals surface area contributed by atoms with Gasteiger partial charge in [-0.3, -0.25) is 15.1 Å². The molecule has 0 aliphatic carbocycles. The maximum absolute atomic E-state index is 12.5. The van der Waals surface area contributed by atoms with Crippen LogP contribution in [0.1, 0.15) is 12.1 Å². The summed E-state index contributed by atoms with van der Waals surface area (Å²) >= 11 is 0. The number of primary sulfonamides is 1. The fourth-order valence-electron chi connectivity index (χ4n) is 1.14. The molecular formula is C6H6F2N4O4S. The van der Waals surface area contributed by atoms with Gasteiger partial charge in [0.2, 0.25) is 10.0 Å². The Morgan fingerprint density at radius 1 is 1.47 bits per heavy atom. The number of hydrogen-bond acceptors (Lipinski definition) is 6. The summed E-state index contributed by atoms with van der Waals surface area (Å²) in [5.41, 5.74) is 1.96. The first-order valence-electron chi connectivity index (χ1n) is 3.90. The molecule has 0 saturated carbocycles. The van der Waals surface area contributed by atoms with E-state index in [1.807, 2.05) is 0 Å². The molecule has 17 heavy (non-hydrogen) atoms. The highest BCUT2D eigenvalue weighted by Crippen LogP contribution is 2.34. The highest BCUT2D eigenvalue weighted by atomic mass is 32.2. The fraction of sp³-hybridized carbons (Fsp3) is 0.167. The molecule has 0 aromatic carbocycles. The van der Waals surface area contributed by atoms with Crippen molar-refractivity contribution in [3.05, 3.63) is 22.0 Å². The number of halogens is 2. The van der Waals surface area contributed by atoms with Crippen LogP contribution in [0, 0.1) is 10.1 Å². The molecule has 0 saturated heterocycles. The lowest BCUT2D eigenvalue weighted by Crippen LogP contribution is -2.19. The van der Waals surface area contributed by atoms with Gasteiger partial charge in [-0.05, 0) is 0 Å². The van der Waals surface area contributed by atoms with Gasteiger partial charge in [-0.25, -0.2) is 22.3 Å². The Labute approximate surface area is 93.4 Å². The number of rotatable bonds is 3. The SMILES string of the molecule is Nc1cnc(C(F)F)c(S(N)(=O)=O)c1[N+](=O)[O-]. The standard InChI is InChI=1S/C6H6F2N4O4S/c7-6(8)3-5(17(10,15)16)4(12(13)14)2(9)1-11-3/h1,6H,9H2,(H2,10,15,16). The Bertz CT molecular complexity index is 574. The second kappa shape index (κ2) is 4.18. The summed E-state index contributed by atoms with van der Waals surface area (Å²) in [4.78, 5) is 11.1. The Morgan fingerprint density at radius 2 is 2.00 bits per heavy atom. The molecule has 0 atom stereocenters. The molecule has 0 fully saturated rings. The molecule has 8 nitrogen and oxygen atoms in total. The number of anilines is 1. The maximum atomic E-state index is 12.5. The van der Waals surface area contributed by atoms with Gasteiger partial charge in [0.1, 0.15) is 11.4 Å². The fourth-order valence-corrected chi connectivity index (χ4v) is 2.03. The number of alkyl halides is 2. The van der Waals surface area contributed by atoms with Crippen LogP contribution in [0.2, 0.25) is 0 Å². The van der Waals surface area contributed by atoms with Crippen LogP contribution in [0.25, 0.3) is 0 Å². The van der Waals surface area contributed by atoms with Gasteiger partial charge in [-0.2, -0.15) is 0 Å². The van der Waals surface area contributed by atoms with Crippen LogP contribution in [0.4, 0.5) is 20.2 Å². The molecule has 0 amide bonds.